The third kappa shape index (κ3) is 7.54. The minimum atomic E-state index is -0.395. The third-order valence-electron chi connectivity index (χ3n) is 7.17. The molecule has 0 aliphatic rings. The van der Waals surface area contributed by atoms with Crippen molar-refractivity contribution in [2.45, 2.75) is 32.0 Å². The number of amides is 1. The first kappa shape index (κ1) is 31.6. The first-order valence-electron chi connectivity index (χ1n) is 14.0. The smallest absolute Gasteiger partial charge is 0.219 e. The van der Waals surface area contributed by atoms with Gasteiger partial charge in [0, 0.05) is 41.4 Å². The Balaban J connectivity index is 1.78. The number of likely N-dealkylation sites (N-methyl/N-ethyl adjacent to an activating group) is 2. The van der Waals surface area contributed by atoms with Crippen molar-refractivity contribution in [2.75, 3.05) is 40.1 Å². The number of carbonyl (C=O) groups excluding carboxylic acids is 1. The molecule has 0 spiro atoms. The SMILES string of the molecule is CCOc1cc2ncc(C#N)c(Nc3ccc(OCc4ccccc4)c(Cl)c3)c2cc1C(C(CC(N)=O)N(C)C)N(C)C. The first-order chi connectivity index (χ1) is 20.6. The second-order valence-corrected chi connectivity index (χ2v) is 11.1. The van der Waals surface area contributed by atoms with E-state index in [4.69, 9.17) is 26.8 Å². The lowest BCUT2D eigenvalue weighted by Crippen LogP contribution is -2.43. The summed E-state index contributed by atoms with van der Waals surface area (Å²) in [5.74, 6) is 0.808. The molecule has 0 saturated heterocycles. The molecule has 0 aliphatic heterocycles. The Labute approximate surface area is 257 Å². The molecular weight excluding hydrogens is 564 g/mol. The molecule has 224 valence electrons. The molecule has 2 atom stereocenters. The normalized spacial score (nSPS) is 12.6. The number of aromatic nitrogens is 1. The number of nitrogens with one attached hydrogen (secondary N) is 1. The van der Waals surface area contributed by atoms with Crippen molar-refractivity contribution < 1.29 is 14.3 Å². The fourth-order valence-corrected chi connectivity index (χ4v) is 5.39. The van der Waals surface area contributed by atoms with Crippen LogP contribution in [-0.2, 0) is 11.4 Å². The number of primary amides is 1. The highest BCUT2D eigenvalue weighted by atomic mass is 35.5. The van der Waals surface area contributed by atoms with Gasteiger partial charge in [-0.15, -0.1) is 0 Å². The number of pyridine rings is 1. The predicted octanol–water partition coefficient (Wildman–Crippen LogP) is 5.89. The average molecular weight is 601 g/mol. The number of nitriles is 1. The molecule has 3 N–H and O–H groups in total. The van der Waals surface area contributed by atoms with E-state index in [1.165, 1.54) is 6.20 Å². The number of ether oxygens (including phenoxy) is 2. The van der Waals surface area contributed by atoms with Gasteiger partial charge < -0.3 is 30.3 Å². The lowest BCUT2D eigenvalue weighted by molar-refractivity contribution is -0.119. The summed E-state index contributed by atoms with van der Waals surface area (Å²) in [6, 6.07) is 20.9. The molecular formula is C33H37ClN6O3. The van der Waals surface area contributed by atoms with Crippen LogP contribution in [0, 0.1) is 11.3 Å². The molecule has 1 heterocycles. The van der Waals surface area contributed by atoms with Gasteiger partial charge in [0.1, 0.15) is 24.2 Å². The summed E-state index contributed by atoms with van der Waals surface area (Å²) in [4.78, 5) is 20.7. The van der Waals surface area contributed by atoms with Gasteiger partial charge in [0.2, 0.25) is 5.91 Å². The van der Waals surface area contributed by atoms with E-state index >= 15 is 0 Å². The molecule has 0 bridgehead atoms. The second kappa shape index (κ2) is 14.2. The quantitative estimate of drug-likeness (QED) is 0.195. The molecule has 1 amide bonds. The van der Waals surface area contributed by atoms with Crippen molar-refractivity contribution in [1.82, 2.24) is 14.8 Å². The summed E-state index contributed by atoms with van der Waals surface area (Å²) in [5, 5.41) is 14.6. The number of halogens is 1. The largest absolute Gasteiger partial charge is 0.493 e. The van der Waals surface area contributed by atoms with E-state index < -0.39 is 5.91 Å². The fraction of sp³-hybridized carbons (Fsp3) is 0.303. The Hall–Kier alpha value is -4.36. The molecule has 0 saturated carbocycles. The van der Waals surface area contributed by atoms with Gasteiger partial charge in [0.05, 0.1) is 34.4 Å². The fourth-order valence-electron chi connectivity index (χ4n) is 5.16. The number of benzene rings is 3. The Morgan fingerprint density at radius 2 is 1.79 bits per heavy atom. The van der Waals surface area contributed by atoms with E-state index in [-0.39, 0.29) is 18.5 Å². The predicted molar refractivity (Wildman–Crippen MR) is 171 cm³/mol. The summed E-state index contributed by atoms with van der Waals surface area (Å²) in [6.45, 7) is 2.75. The van der Waals surface area contributed by atoms with Crippen LogP contribution in [0.3, 0.4) is 0 Å². The van der Waals surface area contributed by atoms with Crippen molar-refractivity contribution in [3.63, 3.8) is 0 Å². The Morgan fingerprint density at radius 3 is 2.40 bits per heavy atom. The zero-order valence-corrected chi connectivity index (χ0v) is 25.9. The minimum absolute atomic E-state index is 0.151. The standard InChI is InChI=1S/C33H37ClN6O3/c1-6-42-30-16-27-24(15-25(30)33(40(4)5)28(39(2)3)17-31(36)41)32(22(18-35)19-37-27)38-23-12-13-29(26(34)14-23)43-20-21-10-8-7-9-11-21/h7-16,19,28,33H,6,17,20H2,1-5H3,(H2,36,41)(H,37,38). The van der Waals surface area contributed by atoms with Gasteiger partial charge in [-0.25, -0.2) is 0 Å². The Morgan fingerprint density at radius 1 is 1.05 bits per heavy atom. The topological polar surface area (TPSA) is 117 Å². The molecule has 10 heteroatoms. The molecule has 4 rings (SSSR count). The lowest BCUT2D eigenvalue weighted by Gasteiger charge is -2.37. The highest BCUT2D eigenvalue weighted by molar-refractivity contribution is 6.32. The van der Waals surface area contributed by atoms with Crippen LogP contribution in [0.1, 0.15) is 36.1 Å². The molecule has 3 aromatic carbocycles. The molecule has 0 fully saturated rings. The number of rotatable bonds is 13. The summed E-state index contributed by atoms with van der Waals surface area (Å²) in [6.07, 6.45) is 1.69. The van der Waals surface area contributed by atoms with Crippen molar-refractivity contribution >= 4 is 39.8 Å². The maximum Gasteiger partial charge on any atom is 0.219 e. The van der Waals surface area contributed by atoms with E-state index in [1.807, 2.05) is 93.4 Å². The minimum Gasteiger partial charge on any atom is -0.493 e. The number of carbonyl (C=O) groups is 1. The van der Waals surface area contributed by atoms with Crippen molar-refractivity contribution in [1.29, 1.82) is 5.26 Å². The van der Waals surface area contributed by atoms with Gasteiger partial charge in [0.15, 0.2) is 0 Å². The van der Waals surface area contributed by atoms with Crippen molar-refractivity contribution in [2.24, 2.45) is 5.73 Å². The maximum atomic E-state index is 12.1. The van der Waals surface area contributed by atoms with Crippen LogP contribution in [0.5, 0.6) is 11.5 Å². The van der Waals surface area contributed by atoms with Crippen LogP contribution < -0.4 is 20.5 Å². The molecule has 1 aromatic heterocycles. The van der Waals surface area contributed by atoms with Crippen LogP contribution in [0.2, 0.25) is 5.02 Å². The van der Waals surface area contributed by atoms with Crippen LogP contribution in [0.4, 0.5) is 11.4 Å². The molecule has 43 heavy (non-hydrogen) atoms. The molecule has 4 aromatic rings. The monoisotopic (exact) mass is 600 g/mol. The summed E-state index contributed by atoms with van der Waals surface area (Å²) < 4.78 is 12.0. The second-order valence-electron chi connectivity index (χ2n) is 10.7. The number of nitrogens with two attached hydrogens (primary N) is 1. The Bertz CT molecular complexity index is 1620. The van der Waals surface area contributed by atoms with Crippen LogP contribution in [-0.4, -0.2) is 61.5 Å². The summed E-state index contributed by atoms with van der Waals surface area (Å²) in [5.41, 5.74) is 9.83. The number of hydrogen-bond donors (Lipinski definition) is 2. The zero-order chi connectivity index (χ0) is 31.1. The molecule has 2 unspecified atom stereocenters. The van der Waals surface area contributed by atoms with Crippen molar-refractivity contribution in [3.8, 4) is 17.6 Å². The summed E-state index contributed by atoms with van der Waals surface area (Å²) >= 11 is 6.61. The molecule has 0 radical (unpaired) electrons. The third-order valence-corrected chi connectivity index (χ3v) is 7.47. The van der Waals surface area contributed by atoms with E-state index in [0.29, 0.717) is 52.2 Å². The summed E-state index contributed by atoms with van der Waals surface area (Å²) in [7, 11) is 7.75. The van der Waals surface area contributed by atoms with Gasteiger partial charge in [0.25, 0.3) is 0 Å². The van der Waals surface area contributed by atoms with Gasteiger partial charge >= 0.3 is 0 Å². The zero-order valence-electron chi connectivity index (χ0n) is 25.1. The number of fused-ring (bicyclic) bond motifs is 1. The van der Waals surface area contributed by atoms with Gasteiger partial charge in [-0.05, 0) is 64.9 Å². The van der Waals surface area contributed by atoms with E-state index in [9.17, 15) is 10.1 Å². The van der Waals surface area contributed by atoms with Crippen LogP contribution >= 0.6 is 11.6 Å². The highest BCUT2D eigenvalue weighted by Crippen LogP contribution is 2.40. The van der Waals surface area contributed by atoms with E-state index in [0.717, 1.165) is 16.5 Å². The van der Waals surface area contributed by atoms with Gasteiger partial charge in [-0.1, -0.05) is 41.9 Å². The number of hydrogen-bond acceptors (Lipinski definition) is 8. The van der Waals surface area contributed by atoms with E-state index in [1.54, 1.807) is 12.1 Å². The van der Waals surface area contributed by atoms with Crippen LogP contribution in [0.25, 0.3) is 10.9 Å². The van der Waals surface area contributed by atoms with Crippen LogP contribution in [0.15, 0.2) is 66.9 Å². The van der Waals surface area contributed by atoms with Gasteiger partial charge in [-0.2, -0.15) is 5.26 Å². The highest BCUT2D eigenvalue weighted by Gasteiger charge is 2.31. The van der Waals surface area contributed by atoms with Gasteiger partial charge in [-0.3, -0.25) is 9.78 Å². The lowest BCUT2D eigenvalue weighted by atomic mass is 9.92. The van der Waals surface area contributed by atoms with E-state index in [2.05, 4.69) is 16.4 Å². The number of anilines is 2. The number of nitrogens with zero attached hydrogens (tertiary/aromatic N) is 4. The molecule has 0 aliphatic carbocycles. The maximum absolute atomic E-state index is 12.1. The average Bonchev–Trinajstić information content (AvgIpc) is 2.97. The first-order valence-corrected chi connectivity index (χ1v) is 14.3. The molecule has 9 nitrogen and oxygen atoms in total. The Kier molecular flexibility index (Phi) is 10.4. The van der Waals surface area contributed by atoms with Crippen molar-refractivity contribution in [3.05, 3.63) is 88.6 Å².